The van der Waals surface area contributed by atoms with Crippen molar-refractivity contribution in [1.29, 1.82) is 0 Å². The molecule has 0 bridgehead atoms. The predicted molar refractivity (Wildman–Crippen MR) is 130 cm³/mol. The molecule has 0 spiro atoms. The number of hydrogen-bond acceptors (Lipinski definition) is 5. The molecule has 3 aromatic rings. The van der Waals surface area contributed by atoms with Gasteiger partial charge in [0.15, 0.2) is 11.4 Å². The topological polar surface area (TPSA) is 65.8 Å². The van der Waals surface area contributed by atoms with Crippen LogP contribution < -0.4 is 10.4 Å². The number of aromatic nitrogens is 1. The van der Waals surface area contributed by atoms with E-state index in [1.54, 1.807) is 15.8 Å². The zero-order chi connectivity index (χ0) is 23.1. The molecule has 6 nitrogen and oxygen atoms in total. The molecular formula is C26H27N3O3S. The number of nitrogens with zero attached hydrogens (tertiary/aromatic N) is 3. The third-order valence-corrected chi connectivity index (χ3v) is 7.86. The van der Waals surface area contributed by atoms with Crippen LogP contribution in [0, 0.1) is 0 Å². The maximum Gasteiger partial charge on any atom is 0.278 e. The van der Waals surface area contributed by atoms with E-state index in [9.17, 15) is 14.7 Å². The van der Waals surface area contributed by atoms with Crippen molar-refractivity contribution in [3.63, 3.8) is 0 Å². The van der Waals surface area contributed by atoms with E-state index < -0.39 is 11.2 Å². The van der Waals surface area contributed by atoms with Crippen LogP contribution in [0.4, 0.5) is 0 Å². The lowest BCUT2D eigenvalue weighted by Gasteiger charge is -2.46. The molecule has 7 heteroatoms. The summed E-state index contributed by atoms with van der Waals surface area (Å²) in [5, 5.41) is 12.8. The molecule has 1 atom stereocenters. The number of carbonyl (C=O) groups excluding carboxylic acids is 1. The van der Waals surface area contributed by atoms with Gasteiger partial charge in [-0.25, -0.2) is 0 Å². The number of rotatable bonds is 4. The lowest BCUT2D eigenvalue weighted by atomic mass is 9.94. The minimum absolute atomic E-state index is 0.00842. The Morgan fingerprint density at radius 2 is 1.70 bits per heavy atom. The highest BCUT2D eigenvalue weighted by molar-refractivity contribution is 7.98. The molecule has 0 radical (unpaired) electrons. The molecule has 1 aromatic heterocycles. The number of amides is 1. The van der Waals surface area contributed by atoms with E-state index in [-0.39, 0.29) is 23.7 Å². The Hall–Kier alpha value is -3.19. The van der Waals surface area contributed by atoms with Crippen LogP contribution in [0.2, 0.25) is 0 Å². The van der Waals surface area contributed by atoms with Crippen LogP contribution in [0.1, 0.15) is 59.9 Å². The van der Waals surface area contributed by atoms with Crippen molar-refractivity contribution in [3.05, 3.63) is 93.4 Å². The summed E-state index contributed by atoms with van der Waals surface area (Å²) in [5.41, 5.74) is 3.04. The molecule has 5 rings (SSSR count). The predicted octanol–water partition coefficient (Wildman–Crippen LogP) is 4.49. The van der Waals surface area contributed by atoms with Gasteiger partial charge in [-0.1, -0.05) is 56.3 Å². The largest absolute Gasteiger partial charge is 0.502 e. The molecular weight excluding hydrogens is 434 g/mol. The first-order valence-electron chi connectivity index (χ1n) is 11.4. The molecule has 2 aliphatic rings. The minimum Gasteiger partial charge on any atom is -0.502 e. The average molecular weight is 462 g/mol. The second-order valence-corrected chi connectivity index (χ2v) is 9.49. The second-order valence-electron chi connectivity index (χ2n) is 8.48. The fraction of sp³-hybridized carbons (Fsp3) is 0.308. The Bertz CT molecular complexity index is 1220. The van der Waals surface area contributed by atoms with Crippen molar-refractivity contribution < 1.29 is 9.90 Å². The summed E-state index contributed by atoms with van der Waals surface area (Å²) in [6.45, 7) is 4.48. The molecule has 1 N–H and O–H groups in total. The quantitative estimate of drug-likeness (QED) is 0.620. The highest BCUT2D eigenvalue weighted by Gasteiger charge is 2.40. The maximum atomic E-state index is 13.5. The lowest BCUT2D eigenvalue weighted by molar-refractivity contribution is 0.0577. The number of carbonyl (C=O) groups is 1. The van der Waals surface area contributed by atoms with E-state index in [1.165, 1.54) is 16.5 Å². The Balaban J connectivity index is 1.77. The van der Waals surface area contributed by atoms with Crippen LogP contribution in [0.5, 0.6) is 5.75 Å². The number of hydrogen-bond donors (Lipinski definition) is 1. The first-order valence-corrected chi connectivity index (χ1v) is 12.4. The van der Waals surface area contributed by atoms with Crippen molar-refractivity contribution in [1.82, 2.24) is 9.58 Å². The number of thioether (sulfide) groups is 1. The number of aromatic hydroxyl groups is 1. The van der Waals surface area contributed by atoms with Crippen LogP contribution in [-0.2, 0) is 5.75 Å². The SMILES string of the molecule is CCC(CC)N1CN(C2c3ccccc3CSc3ccccc32)n2ccc(=O)c(O)c2C1=O. The summed E-state index contributed by atoms with van der Waals surface area (Å²) >= 11 is 1.81. The summed E-state index contributed by atoms with van der Waals surface area (Å²) in [5.74, 6) is 0.0575. The molecule has 33 heavy (non-hydrogen) atoms. The summed E-state index contributed by atoms with van der Waals surface area (Å²) in [6.07, 6.45) is 3.20. The normalized spacial score (nSPS) is 17.4. The summed E-state index contributed by atoms with van der Waals surface area (Å²) in [6, 6.07) is 17.9. The Labute approximate surface area is 197 Å². The number of benzene rings is 2. The molecule has 1 amide bonds. The molecule has 1 unspecified atom stereocenters. The van der Waals surface area contributed by atoms with Gasteiger partial charge in [-0.3, -0.25) is 19.3 Å². The zero-order valence-electron chi connectivity index (χ0n) is 18.8. The molecule has 0 aliphatic carbocycles. The lowest BCUT2D eigenvalue weighted by Crippen LogP contribution is -2.58. The molecule has 2 aromatic carbocycles. The van der Waals surface area contributed by atoms with Crippen LogP contribution in [0.3, 0.4) is 0 Å². The fourth-order valence-corrected chi connectivity index (χ4v) is 6.08. The second kappa shape index (κ2) is 8.63. The molecule has 3 heterocycles. The highest BCUT2D eigenvalue weighted by Crippen LogP contribution is 2.43. The van der Waals surface area contributed by atoms with E-state index in [0.29, 0.717) is 6.67 Å². The van der Waals surface area contributed by atoms with Gasteiger partial charge in [-0.2, -0.15) is 0 Å². The van der Waals surface area contributed by atoms with Crippen LogP contribution in [0.15, 0.2) is 70.5 Å². The third-order valence-electron chi connectivity index (χ3n) is 6.72. The number of fused-ring (bicyclic) bond motifs is 3. The van der Waals surface area contributed by atoms with Gasteiger partial charge in [0.2, 0.25) is 5.43 Å². The van der Waals surface area contributed by atoms with E-state index >= 15 is 0 Å². The average Bonchev–Trinajstić information content (AvgIpc) is 3.00. The van der Waals surface area contributed by atoms with E-state index in [2.05, 4.69) is 49.2 Å². The van der Waals surface area contributed by atoms with Gasteiger partial charge in [-0.15, -0.1) is 11.8 Å². The third kappa shape index (κ3) is 3.51. The molecule has 2 aliphatic heterocycles. The first kappa shape index (κ1) is 21.6. The van der Waals surface area contributed by atoms with Crippen molar-refractivity contribution in [3.8, 4) is 5.75 Å². The first-order chi connectivity index (χ1) is 16.0. The van der Waals surface area contributed by atoms with Crippen molar-refractivity contribution in [2.24, 2.45) is 0 Å². The Morgan fingerprint density at radius 1 is 1.00 bits per heavy atom. The monoisotopic (exact) mass is 461 g/mol. The standard InChI is InChI=1S/C26H27N3O3S/c1-3-18(4-2)27-16-29(28-14-13-21(30)25(31)24(28)26(27)32)23-19-10-6-5-9-17(19)15-33-22-12-8-7-11-20(22)23/h5-14,18,23,31H,3-4,15-16H2,1-2H3. The summed E-state index contributed by atoms with van der Waals surface area (Å²) < 4.78 is 1.69. The summed E-state index contributed by atoms with van der Waals surface area (Å²) in [4.78, 5) is 28.8. The van der Waals surface area contributed by atoms with Gasteiger partial charge in [0.05, 0.1) is 6.04 Å². The van der Waals surface area contributed by atoms with E-state index in [1.807, 2.05) is 30.0 Å². The van der Waals surface area contributed by atoms with Crippen molar-refractivity contribution in [2.75, 3.05) is 11.7 Å². The van der Waals surface area contributed by atoms with E-state index in [0.717, 1.165) is 29.7 Å². The van der Waals surface area contributed by atoms with Gasteiger partial charge >= 0.3 is 0 Å². The Kier molecular flexibility index (Phi) is 5.66. The minimum atomic E-state index is -0.543. The van der Waals surface area contributed by atoms with Crippen molar-refractivity contribution in [2.45, 2.75) is 49.4 Å². The van der Waals surface area contributed by atoms with Gasteiger partial charge in [-0.05, 0) is 35.6 Å². The van der Waals surface area contributed by atoms with Gasteiger partial charge in [0.25, 0.3) is 5.91 Å². The van der Waals surface area contributed by atoms with Gasteiger partial charge < -0.3 is 10.0 Å². The molecule has 0 fully saturated rings. The molecule has 0 saturated carbocycles. The molecule has 0 saturated heterocycles. The Morgan fingerprint density at radius 3 is 2.45 bits per heavy atom. The zero-order valence-corrected chi connectivity index (χ0v) is 19.6. The van der Waals surface area contributed by atoms with E-state index in [4.69, 9.17) is 0 Å². The van der Waals surface area contributed by atoms with Crippen molar-refractivity contribution >= 4 is 17.7 Å². The highest BCUT2D eigenvalue weighted by atomic mass is 32.2. The van der Waals surface area contributed by atoms with Gasteiger partial charge in [0.1, 0.15) is 6.67 Å². The van der Waals surface area contributed by atoms with Crippen LogP contribution in [-0.4, -0.2) is 33.3 Å². The summed E-state index contributed by atoms with van der Waals surface area (Å²) in [7, 11) is 0. The van der Waals surface area contributed by atoms with Gasteiger partial charge in [0, 0.05) is 29.0 Å². The maximum absolute atomic E-state index is 13.5. The molecule has 170 valence electrons. The fourth-order valence-electron chi connectivity index (χ4n) is 4.99. The number of pyridine rings is 1. The van der Waals surface area contributed by atoms with Crippen LogP contribution in [0.25, 0.3) is 0 Å². The van der Waals surface area contributed by atoms with Crippen LogP contribution >= 0.6 is 11.8 Å². The smallest absolute Gasteiger partial charge is 0.278 e.